The van der Waals surface area contributed by atoms with Gasteiger partial charge in [0.05, 0.1) is 12.0 Å². The average molecular weight is 267 g/mol. The Morgan fingerprint density at radius 1 is 1.32 bits per heavy atom. The summed E-state index contributed by atoms with van der Waals surface area (Å²) in [5.41, 5.74) is -0.419. The van der Waals surface area contributed by atoms with Crippen LogP contribution < -0.4 is 10.6 Å². The molecule has 0 radical (unpaired) electrons. The van der Waals surface area contributed by atoms with E-state index in [4.69, 9.17) is 0 Å². The summed E-state index contributed by atoms with van der Waals surface area (Å²) in [7, 11) is 1.65. The number of hydrogen-bond donors (Lipinski definition) is 2. The van der Waals surface area contributed by atoms with Crippen LogP contribution in [0.2, 0.25) is 0 Å². The van der Waals surface area contributed by atoms with E-state index >= 15 is 0 Å². The lowest BCUT2D eigenvalue weighted by molar-refractivity contribution is -0.132. The van der Waals surface area contributed by atoms with Crippen LogP contribution in [0.4, 0.5) is 0 Å². The summed E-state index contributed by atoms with van der Waals surface area (Å²) in [6.45, 7) is 3.57. The van der Waals surface area contributed by atoms with Gasteiger partial charge in [-0.15, -0.1) is 0 Å². The smallest absolute Gasteiger partial charge is 0.236 e. The lowest BCUT2D eigenvalue weighted by Crippen LogP contribution is -2.43. The van der Waals surface area contributed by atoms with Crippen LogP contribution in [0.15, 0.2) is 0 Å². The molecule has 1 aliphatic heterocycles. The number of carbonyl (C=O) groups is 2. The van der Waals surface area contributed by atoms with Crippen LogP contribution in [0, 0.1) is 5.41 Å². The highest BCUT2D eigenvalue weighted by Crippen LogP contribution is 2.30. The first-order valence-corrected chi connectivity index (χ1v) is 7.28. The first kappa shape index (κ1) is 14.3. The van der Waals surface area contributed by atoms with Gasteiger partial charge in [0.2, 0.25) is 11.8 Å². The second-order valence-electron chi connectivity index (χ2n) is 6.07. The first-order chi connectivity index (χ1) is 9.05. The molecule has 2 rings (SSSR count). The predicted molar refractivity (Wildman–Crippen MR) is 73.6 cm³/mol. The maximum absolute atomic E-state index is 12.1. The minimum atomic E-state index is -0.419. The minimum Gasteiger partial charge on any atom is -0.359 e. The quantitative estimate of drug-likeness (QED) is 0.780. The van der Waals surface area contributed by atoms with E-state index < -0.39 is 5.41 Å². The molecule has 1 heterocycles. The fourth-order valence-corrected chi connectivity index (χ4v) is 3.13. The Bertz CT molecular complexity index is 353. The van der Waals surface area contributed by atoms with Gasteiger partial charge < -0.3 is 15.5 Å². The van der Waals surface area contributed by atoms with Crippen LogP contribution in [0.25, 0.3) is 0 Å². The van der Waals surface area contributed by atoms with Crippen LogP contribution in [-0.4, -0.2) is 49.4 Å². The highest BCUT2D eigenvalue weighted by molar-refractivity contribution is 5.85. The standard InChI is InChI=1S/C14H25N3O2/c1-14(13(19)15-2)7-8-17(10-14)12(18)9-16-11-5-3-4-6-11/h11,16H,3-10H2,1-2H3,(H,15,19). The number of amides is 2. The monoisotopic (exact) mass is 267 g/mol. The summed E-state index contributed by atoms with van der Waals surface area (Å²) < 4.78 is 0. The molecule has 0 spiro atoms. The van der Waals surface area contributed by atoms with E-state index in [0.717, 1.165) is 6.42 Å². The number of likely N-dealkylation sites (tertiary alicyclic amines) is 1. The molecule has 0 aromatic heterocycles. The highest BCUT2D eigenvalue weighted by atomic mass is 16.2. The topological polar surface area (TPSA) is 61.4 Å². The first-order valence-electron chi connectivity index (χ1n) is 7.28. The third-order valence-electron chi connectivity index (χ3n) is 4.50. The molecule has 19 heavy (non-hydrogen) atoms. The lowest BCUT2D eigenvalue weighted by atomic mass is 9.89. The molecule has 1 aliphatic carbocycles. The largest absolute Gasteiger partial charge is 0.359 e. The number of rotatable bonds is 4. The number of nitrogens with zero attached hydrogens (tertiary/aromatic N) is 1. The van der Waals surface area contributed by atoms with Crippen molar-refractivity contribution in [3.05, 3.63) is 0 Å². The highest BCUT2D eigenvalue weighted by Gasteiger charge is 2.41. The van der Waals surface area contributed by atoms with Gasteiger partial charge >= 0.3 is 0 Å². The van der Waals surface area contributed by atoms with Gasteiger partial charge in [0.25, 0.3) is 0 Å². The number of hydrogen-bond acceptors (Lipinski definition) is 3. The molecule has 5 heteroatoms. The predicted octanol–water partition coefficient (Wildman–Crippen LogP) is 0.503. The summed E-state index contributed by atoms with van der Waals surface area (Å²) in [6.07, 6.45) is 5.66. The third kappa shape index (κ3) is 3.26. The normalized spacial score (nSPS) is 27.8. The Balaban J connectivity index is 1.79. The van der Waals surface area contributed by atoms with Gasteiger partial charge in [-0.2, -0.15) is 0 Å². The fraction of sp³-hybridized carbons (Fsp3) is 0.857. The van der Waals surface area contributed by atoms with Gasteiger partial charge in [0.1, 0.15) is 0 Å². The summed E-state index contributed by atoms with van der Waals surface area (Å²) in [5.74, 6) is 0.158. The van der Waals surface area contributed by atoms with Crippen LogP contribution in [-0.2, 0) is 9.59 Å². The Hall–Kier alpha value is -1.10. The summed E-state index contributed by atoms with van der Waals surface area (Å²) in [4.78, 5) is 25.8. The molecule has 5 nitrogen and oxygen atoms in total. The van der Waals surface area contributed by atoms with Crippen molar-refractivity contribution < 1.29 is 9.59 Å². The zero-order valence-corrected chi connectivity index (χ0v) is 12.0. The van der Waals surface area contributed by atoms with Crippen molar-refractivity contribution in [2.45, 2.75) is 45.1 Å². The van der Waals surface area contributed by atoms with Gasteiger partial charge in [-0.05, 0) is 26.2 Å². The third-order valence-corrected chi connectivity index (χ3v) is 4.50. The Kier molecular flexibility index (Phi) is 4.45. The summed E-state index contributed by atoms with van der Waals surface area (Å²) in [5, 5.41) is 6.03. The van der Waals surface area contributed by atoms with Crippen molar-refractivity contribution in [1.29, 1.82) is 0 Å². The molecule has 0 aromatic rings. The van der Waals surface area contributed by atoms with Gasteiger partial charge in [-0.1, -0.05) is 12.8 Å². The van der Waals surface area contributed by atoms with Crippen molar-refractivity contribution in [2.24, 2.45) is 5.41 Å². The Morgan fingerprint density at radius 2 is 2.00 bits per heavy atom. The Morgan fingerprint density at radius 3 is 2.63 bits per heavy atom. The van der Waals surface area contributed by atoms with E-state index in [9.17, 15) is 9.59 Å². The maximum Gasteiger partial charge on any atom is 0.236 e. The van der Waals surface area contributed by atoms with E-state index in [1.54, 1.807) is 7.05 Å². The Labute approximate surface area is 115 Å². The molecule has 1 saturated carbocycles. The van der Waals surface area contributed by atoms with Gasteiger partial charge in [0, 0.05) is 26.2 Å². The molecule has 1 saturated heterocycles. The van der Waals surface area contributed by atoms with Crippen LogP contribution >= 0.6 is 0 Å². The zero-order valence-electron chi connectivity index (χ0n) is 12.0. The average Bonchev–Trinajstić information content (AvgIpc) is 3.05. The summed E-state index contributed by atoms with van der Waals surface area (Å²) in [6, 6.07) is 0.511. The molecule has 2 aliphatic rings. The number of carbonyl (C=O) groups excluding carboxylic acids is 2. The van der Waals surface area contributed by atoms with Gasteiger partial charge in [-0.25, -0.2) is 0 Å². The molecular weight excluding hydrogens is 242 g/mol. The molecule has 0 bridgehead atoms. The van der Waals surface area contributed by atoms with Crippen LogP contribution in [0.5, 0.6) is 0 Å². The zero-order chi connectivity index (χ0) is 13.9. The lowest BCUT2D eigenvalue weighted by Gasteiger charge is -2.23. The maximum atomic E-state index is 12.1. The second kappa shape index (κ2) is 5.90. The molecular formula is C14H25N3O2. The van der Waals surface area contributed by atoms with E-state index in [2.05, 4.69) is 10.6 Å². The second-order valence-corrected chi connectivity index (χ2v) is 6.07. The number of nitrogens with one attached hydrogen (secondary N) is 2. The minimum absolute atomic E-state index is 0.0338. The van der Waals surface area contributed by atoms with Crippen LogP contribution in [0.1, 0.15) is 39.0 Å². The van der Waals surface area contributed by atoms with Crippen molar-refractivity contribution >= 4 is 11.8 Å². The van der Waals surface area contributed by atoms with Crippen molar-refractivity contribution in [3.8, 4) is 0 Å². The molecule has 1 unspecified atom stereocenters. The fourth-order valence-electron chi connectivity index (χ4n) is 3.13. The molecule has 2 amide bonds. The van der Waals surface area contributed by atoms with E-state index in [1.165, 1.54) is 25.7 Å². The van der Waals surface area contributed by atoms with Crippen LogP contribution in [0.3, 0.4) is 0 Å². The van der Waals surface area contributed by atoms with Gasteiger partial charge in [-0.3, -0.25) is 9.59 Å². The van der Waals surface area contributed by atoms with Gasteiger partial charge in [0.15, 0.2) is 0 Å². The van der Waals surface area contributed by atoms with E-state index in [0.29, 0.717) is 25.7 Å². The van der Waals surface area contributed by atoms with Crippen molar-refractivity contribution in [2.75, 3.05) is 26.7 Å². The van der Waals surface area contributed by atoms with E-state index in [-0.39, 0.29) is 11.8 Å². The molecule has 2 fully saturated rings. The molecule has 108 valence electrons. The van der Waals surface area contributed by atoms with E-state index in [1.807, 2.05) is 11.8 Å². The summed E-state index contributed by atoms with van der Waals surface area (Å²) >= 11 is 0. The molecule has 0 aromatic carbocycles. The molecule has 2 N–H and O–H groups in total. The van der Waals surface area contributed by atoms with Crippen molar-refractivity contribution in [1.82, 2.24) is 15.5 Å². The molecule has 1 atom stereocenters. The van der Waals surface area contributed by atoms with Crippen molar-refractivity contribution in [3.63, 3.8) is 0 Å². The SMILES string of the molecule is CNC(=O)C1(C)CCN(C(=O)CNC2CCCC2)C1.